The molecule has 1 N–H and O–H groups in total. The van der Waals surface area contributed by atoms with Crippen molar-refractivity contribution in [1.82, 2.24) is 9.62 Å². The maximum Gasteiger partial charge on any atom is 0.253 e. The summed E-state index contributed by atoms with van der Waals surface area (Å²) in [6.07, 6.45) is 0. The van der Waals surface area contributed by atoms with Gasteiger partial charge in [0.25, 0.3) is 5.91 Å². The molecule has 3 aromatic rings. The molecule has 1 fully saturated rings. The first-order chi connectivity index (χ1) is 16.4. The van der Waals surface area contributed by atoms with E-state index in [4.69, 9.17) is 4.74 Å². The number of carbonyl (C=O) groups is 1. The first kappa shape index (κ1) is 23.8. The Morgan fingerprint density at radius 3 is 2.24 bits per heavy atom. The lowest BCUT2D eigenvalue weighted by Crippen LogP contribution is -2.49. The fraction of sp³-hybridized carbons (Fsp3) is 0.269. The van der Waals surface area contributed by atoms with Gasteiger partial charge >= 0.3 is 0 Å². The predicted molar refractivity (Wildman–Crippen MR) is 133 cm³/mol. The highest BCUT2D eigenvalue weighted by Gasteiger charge is 2.23. The minimum absolute atomic E-state index is 0.00872. The van der Waals surface area contributed by atoms with E-state index in [0.717, 1.165) is 18.7 Å². The molecule has 3 aromatic carbocycles. The zero-order valence-corrected chi connectivity index (χ0v) is 20.2. The second-order valence-electron chi connectivity index (χ2n) is 8.24. The Labute approximate surface area is 201 Å². The number of anilines is 1. The number of carbonyl (C=O) groups excluding carboxylic acids is 1. The number of benzene rings is 3. The summed E-state index contributed by atoms with van der Waals surface area (Å²) in [7, 11) is -2.29. The van der Waals surface area contributed by atoms with Gasteiger partial charge in [-0.2, -0.15) is 0 Å². The van der Waals surface area contributed by atoms with E-state index in [-0.39, 0.29) is 17.3 Å². The van der Waals surface area contributed by atoms with Gasteiger partial charge < -0.3 is 14.5 Å². The number of piperazine rings is 1. The molecule has 4 rings (SSSR count). The molecule has 8 heteroatoms. The van der Waals surface area contributed by atoms with Crippen molar-refractivity contribution in [1.29, 1.82) is 0 Å². The molecule has 0 atom stereocenters. The molecular formula is C26H29N3O4S. The van der Waals surface area contributed by atoms with Crippen LogP contribution in [-0.4, -0.2) is 52.5 Å². The number of methoxy groups -OCH3 is 1. The topological polar surface area (TPSA) is 78.9 Å². The highest BCUT2D eigenvalue weighted by molar-refractivity contribution is 7.89. The van der Waals surface area contributed by atoms with Gasteiger partial charge in [-0.05, 0) is 48.4 Å². The number of ether oxygens (including phenoxy) is 1. The number of nitrogens with one attached hydrogen (secondary N) is 1. The molecule has 0 aromatic heterocycles. The van der Waals surface area contributed by atoms with Crippen LogP contribution in [0.15, 0.2) is 77.7 Å². The van der Waals surface area contributed by atoms with Crippen molar-refractivity contribution in [3.63, 3.8) is 0 Å². The first-order valence-corrected chi connectivity index (χ1v) is 12.7. The minimum Gasteiger partial charge on any atom is -0.495 e. The summed E-state index contributed by atoms with van der Waals surface area (Å²) in [5.41, 5.74) is 3.81. The van der Waals surface area contributed by atoms with Crippen LogP contribution in [0.3, 0.4) is 0 Å². The first-order valence-electron chi connectivity index (χ1n) is 11.2. The Morgan fingerprint density at radius 2 is 1.56 bits per heavy atom. The van der Waals surface area contributed by atoms with Crippen LogP contribution < -0.4 is 14.4 Å². The number of hydrogen-bond donors (Lipinski definition) is 1. The van der Waals surface area contributed by atoms with Gasteiger partial charge in [0.2, 0.25) is 10.0 Å². The summed E-state index contributed by atoms with van der Waals surface area (Å²) in [5, 5.41) is 0. The quantitative estimate of drug-likeness (QED) is 0.562. The average molecular weight is 480 g/mol. The molecule has 1 aliphatic heterocycles. The molecular weight excluding hydrogens is 450 g/mol. The van der Waals surface area contributed by atoms with Crippen LogP contribution in [0.5, 0.6) is 5.75 Å². The van der Waals surface area contributed by atoms with Gasteiger partial charge in [0.15, 0.2) is 0 Å². The fourth-order valence-corrected chi connectivity index (χ4v) is 5.30. The molecule has 7 nitrogen and oxygen atoms in total. The zero-order valence-electron chi connectivity index (χ0n) is 19.4. The number of sulfonamides is 1. The van der Waals surface area contributed by atoms with Gasteiger partial charge in [-0.15, -0.1) is 0 Å². The van der Waals surface area contributed by atoms with E-state index in [9.17, 15) is 13.2 Å². The largest absolute Gasteiger partial charge is 0.495 e. The van der Waals surface area contributed by atoms with Crippen LogP contribution in [0.4, 0.5) is 5.69 Å². The number of rotatable bonds is 7. The number of amides is 1. The molecule has 178 valence electrons. The molecule has 1 heterocycles. The summed E-state index contributed by atoms with van der Waals surface area (Å²) in [6.45, 7) is 5.12. The summed E-state index contributed by atoms with van der Waals surface area (Å²) in [4.78, 5) is 17.3. The van der Waals surface area contributed by atoms with Crippen molar-refractivity contribution in [2.75, 3.05) is 38.2 Å². The summed E-state index contributed by atoms with van der Waals surface area (Å²) < 4.78 is 33.1. The standard InChI is InChI=1S/C26H29N3O4S/c1-20-7-3-4-8-23(20)28-15-17-29(18-16-28)26(30)22-13-11-21(12-14-22)19-27-34(31,32)25-10-6-5-9-24(25)33-2/h3-14,27H,15-19H2,1-2H3. The molecule has 0 radical (unpaired) electrons. The monoisotopic (exact) mass is 479 g/mol. The lowest BCUT2D eigenvalue weighted by Gasteiger charge is -2.36. The molecule has 0 spiro atoms. The van der Waals surface area contributed by atoms with Crippen molar-refractivity contribution in [3.8, 4) is 5.75 Å². The fourth-order valence-electron chi connectivity index (χ4n) is 4.11. The molecule has 0 aliphatic carbocycles. The van der Waals surface area contributed by atoms with Crippen molar-refractivity contribution in [2.45, 2.75) is 18.4 Å². The third-order valence-electron chi connectivity index (χ3n) is 6.05. The van der Waals surface area contributed by atoms with E-state index in [1.807, 2.05) is 17.0 Å². The van der Waals surface area contributed by atoms with Gasteiger partial charge in [0, 0.05) is 44.0 Å². The smallest absolute Gasteiger partial charge is 0.253 e. The van der Waals surface area contributed by atoms with E-state index in [1.165, 1.54) is 24.4 Å². The zero-order chi connectivity index (χ0) is 24.1. The summed E-state index contributed by atoms with van der Waals surface area (Å²) in [6, 6.07) is 21.8. The normalized spacial score (nSPS) is 14.2. The van der Waals surface area contributed by atoms with Crippen molar-refractivity contribution < 1.29 is 17.9 Å². The predicted octanol–water partition coefficient (Wildman–Crippen LogP) is 3.44. The lowest BCUT2D eigenvalue weighted by molar-refractivity contribution is 0.0746. The third kappa shape index (κ3) is 5.24. The van der Waals surface area contributed by atoms with Gasteiger partial charge in [-0.25, -0.2) is 13.1 Å². The highest BCUT2D eigenvalue weighted by atomic mass is 32.2. The van der Waals surface area contributed by atoms with Crippen molar-refractivity contribution >= 4 is 21.6 Å². The molecule has 0 saturated carbocycles. The third-order valence-corrected chi connectivity index (χ3v) is 7.49. The Hall–Kier alpha value is -3.36. The second-order valence-corrected chi connectivity index (χ2v) is 9.97. The SMILES string of the molecule is COc1ccccc1S(=O)(=O)NCc1ccc(C(=O)N2CCN(c3ccccc3C)CC2)cc1. The van der Waals surface area contributed by atoms with Crippen LogP contribution in [0, 0.1) is 6.92 Å². The Morgan fingerprint density at radius 1 is 0.912 bits per heavy atom. The maximum atomic E-state index is 13.0. The van der Waals surface area contributed by atoms with Crippen molar-refractivity contribution in [2.24, 2.45) is 0 Å². The summed E-state index contributed by atoms with van der Waals surface area (Å²) >= 11 is 0. The second kappa shape index (κ2) is 10.3. The van der Waals surface area contributed by atoms with Crippen LogP contribution in [0.1, 0.15) is 21.5 Å². The number of para-hydroxylation sites is 2. The van der Waals surface area contributed by atoms with E-state index < -0.39 is 10.0 Å². The summed E-state index contributed by atoms with van der Waals surface area (Å²) in [5.74, 6) is 0.282. The van der Waals surface area contributed by atoms with E-state index in [2.05, 4.69) is 28.7 Å². The van der Waals surface area contributed by atoms with E-state index >= 15 is 0 Å². The van der Waals surface area contributed by atoms with Crippen LogP contribution in [0.25, 0.3) is 0 Å². The Balaban J connectivity index is 1.35. The number of nitrogens with zero attached hydrogens (tertiary/aromatic N) is 2. The highest BCUT2D eigenvalue weighted by Crippen LogP contribution is 2.23. The van der Waals surface area contributed by atoms with Gasteiger partial charge in [0.05, 0.1) is 7.11 Å². The molecule has 34 heavy (non-hydrogen) atoms. The Bertz CT molecular complexity index is 1250. The van der Waals surface area contributed by atoms with Gasteiger partial charge in [-0.1, -0.05) is 42.5 Å². The van der Waals surface area contributed by atoms with E-state index in [1.54, 1.807) is 42.5 Å². The maximum absolute atomic E-state index is 13.0. The minimum atomic E-state index is -3.73. The lowest BCUT2D eigenvalue weighted by atomic mass is 10.1. The molecule has 1 saturated heterocycles. The van der Waals surface area contributed by atoms with Crippen LogP contribution >= 0.6 is 0 Å². The Kier molecular flexibility index (Phi) is 7.19. The molecule has 0 bridgehead atoms. The molecule has 1 amide bonds. The van der Waals surface area contributed by atoms with Crippen molar-refractivity contribution in [3.05, 3.63) is 89.5 Å². The number of aryl methyl sites for hydroxylation is 1. The van der Waals surface area contributed by atoms with Gasteiger partial charge in [0.1, 0.15) is 10.6 Å². The van der Waals surface area contributed by atoms with Gasteiger partial charge in [-0.3, -0.25) is 4.79 Å². The number of hydrogen-bond acceptors (Lipinski definition) is 5. The molecule has 0 unspecified atom stereocenters. The average Bonchev–Trinajstić information content (AvgIpc) is 2.88. The van der Waals surface area contributed by atoms with Crippen LogP contribution in [0.2, 0.25) is 0 Å². The van der Waals surface area contributed by atoms with E-state index in [0.29, 0.717) is 24.4 Å². The van der Waals surface area contributed by atoms with Crippen LogP contribution in [-0.2, 0) is 16.6 Å². The molecule has 1 aliphatic rings.